The number of carbonyl (C=O) groups excluding carboxylic acids is 1. The van der Waals surface area contributed by atoms with Gasteiger partial charge in [0.2, 0.25) is 0 Å². The second-order valence-corrected chi connectivity index (χ2v) is 3.29. The van der Waals surface area contributed by atoms with E-state index in [-0.39, 0.29) is 5.75 Å². The van der Waals surface area contributed by atoms with Crippen LogP contribution in [0.2, 0.25) is 0 Å². The summed E-state index contributed by atoms with van der Waals surface area (Å²) >= 11 is 0. The van der Waals surface area contributed by atoms with Gasteiger partial charge in [-0.25, -0.2) is 4.79 Å². The van der Waals surface area contributed by atoms with Gasteiger partial charge in [-0.2, -0.15) is 13.2 Å². The Bertz CT molecular complexity index is 474. The molecule has 0 aliphatic rings. The summed E-state index contributed by atoms with van der Waals surface area (Å²) < 4.78 is 43.8. The number of esters is 1. The second kappa shape index (κ2) is 6.03. The fourth-order valence-electron chi connectivity index (χ4n) is 1.07. The topological polar surface area (TPSA) is 78.7 Å². The maximum absolute atomic E-state index is 11.7. The van der Waals surface area contributed by atoms with Crippen molar-refractivity contribution in [2.75, 3.05) is 13.2 Å². The van der Waals surface area contributed by atoms with Gasteiger partial charge in [0, 0.05) is 6.07 Å². The van der Waals surface area contributed by atoms with Crippen molar-refractivity contribution < 1.29 is 32.4 Å². The zero-order valence-electron chi connectivity index (χ0n) is 9.35. The second-order valence-electron chi connectivity index (χ2n) is 3.29. The number of nitro groups is 1. The first-order valence-electron chi connectivity index (χ1n) is 4.88. The Hall–Kier alpha value is -2.32. The minimum Gasteiger partial charge on any atom is -0.475 e. The van der Waals surface area contributed by atoms with E-state index in [1.807, 2.05) is 0 Å². The number of benzene rings is 1. The molecule has 0 unspecified atom stereocenters. The number of hydrogen-bond acceptors (Lipinski definition) is 5. The van der Waals surface area contributed by atoms with E-state index >= 15 is 0 Å². The van der Waals surface area contributed by atoms with Crippen LogP contribution in [0, 0.1) is 10.1 Å². The van der Waals surface area contributed by atoms with Gasteiger partial charge in [-0.1, -0.05) is 12.1 Å². The Kier molecular flexibility index (Phi) is 4.67. The Labute approximate surface area is 104 Å². The van der Waals surface area contributed by atoms with E-state index in [2.05, 4.69) is 4.74 Å². The molecule has 0 aliphatic heterocycles. The first kappa shape index (κ1) is 14.7. The molecule has 1 aromatic rings. The smallest absolute Gasteiger partial charge is 0.422 e. The van der Waals surface area contributed by atoms with Crippen LogP contribution >= 0.6 is 0 Å². The number of halogens is 3. The summed E-state index contributed by atoms with van der Waals surface area (Å²) in [5.41, 5.74) is -0.397. The minimum absolute atomic E-state index is 0.226. The molecular formula is C10H8F3NO5. The van der Waals surface area contributed by atoms with Crippen molar-refractivity contribution in [1.29, 1.82) is 0 Å². The zero-order chi connectivity index (χ0) is 14.5. The van der Waals surface area contributed by atoms with Crippen molar-refractivity contribution in [2.45, 2.75) is 6.18 Å². The van der Waals surface area contributed by atoms with Crippen LogP contribution in [0.3, 0.4) is 0 Å². The predicted octanol–water partition coefficient (Wildman–Crippen LogP) is 2.08. The molecule has 0 radical (unpaired) electrons. The number of alkyl halides is 3. The SMILES string of the molecule is O=C(COc1ccccc1[N+](=O)[O-])OCC(F)(F)F. The molecule has 0 heterocycles. The summed E-state index contributed by atoms with van der Waals surface area (Å²) in [5.74, 6) is -1.49. The summed E-state index contributed by atoms with van der Waals surface area (Å²) in [7, 11) is 0. The van der Waals surface area contributed by atoms with E-state index in [1.165, 1.54) is 18.2 Å². The molecule has 1 rings (SSSR count). The molecule has 0 saturated heterocycles. The third-order valence-electron chi connectivity index (χ3n) is 1.80. The summed E-state index contributed by atoms with van der Waals surface area (Å²) in [6, 6.07) is 5.15. The molecule has 19 heavy (non-hydrogen) atoms. The Morgan fingerprint density at radius 3 is 2.53 bits per heavy atom. The van der Waals surface area contributed by atoms with E-state index in [9.17, 15) is 28.1 Å². The summed E-state index contributed by atoms with van der Waals surface area (Å²) in [6.07, 6.45) is -4.63. The Morgan fingerprint density at radius 2 is 1.95 bits per heavy atom. The molecular weight excluding hydrogens is 271 g/mol. The summed E-state index contributed by atoms with van der Waals surface area (Å²) in [5, 5.41) is 10.6. The highest BCUT2D eigenvalue weighted by Crippen LogP contribution is 2.25. The van der Waals surface area contributed by atoms with Gasteiger partial charge in [0.15, 0.2) is 19.0 Å². The van der Waals surface area contributed by atoms with Crippen LogP contribution in [-0.2, 0) is 9.53 Å². The molecule has 6 nitrogen and oxygen atoms in total. The first-order chi connectivity index (χ1) is 8.79. The molecule has 0 aliphatic carbocycles. The number of carbonyl (C=O) groups is 1. The maximum atomic E-state index is 11.7. The van der Waals surface area contributed by atoms with Crippen molar-refractivity contribution in [2.24, 2.45) is 0 Å². The molecule has 0 N–H and O–H groups in total. The molecule has 0 atom stereocenters. The third kappa shape index (κ3) is 5.23. The van der Waals surface area contributed by atoms with Crippen LogP contribution in [0.1, 0.15) is 0 Å². The summed E-state index contributed by atoms with van der Waals surface area (Å²) in [4.78, 5) is 20.8. The molecule has 0 spiro atoms. The number of rotatable bonds is 5. The molecule has 0 fully saturated rings. The van der Waals surface area contributed by atoms with Gasteiger partial charge >= 0.3 is 17.8 Å². The summed E-state index contributed by atoms with van der Waals surface area (Å²) in [6.45, 7) is -2.58. The quantitative estimate of drug-likeness (QED) is 0.468. The standard InChI is InChI=1S/C10H8F3NO5/c11-10(12,13)6-19-9(15)5-18-8-4-2-1-3-7(8)14(16)17/h1-4H,5-6H2. The number of nitrogens with zero attached hydrogens (tertiary/aromatic N) is 1. The first-order valence-corrected chi connectivity index (χ1v) is 4.88. The van der Waals surface area contributed by atoms with Crippen molar-refractivity contribution in [3.05, 3.63) is 34.4 Å². The zero-order valence-corrected chi connectivity index (χ0v) is 9.35. The highest BCUT2D eigenvalue weighted by molar-refractivity contribution is 5.71. The minimum atomic E-state index is -4.63. The van der Waals surface area contributed by atoms with E-state index < -0.39 is 36.0 Å². The monoisotopic (exact) mass is 279 g/mol. The number of para-hydroxylation sites is 2. The average molecular weight is 279 g/mol. The van der Waals surface area contributed by atoms with Crippen molar-refractivity contribution in [3.63, 3.8) is 0 Å². The van der Waals surface area contributed by atoms with Crippen molar-refractivity contribution in [1.82, 2.24) is 0 Å². The maximum Gasteiger partial charge on any atom is 0.422 e. The molecule has 1 aromatic carbocycles. The third-order valence-corrected chi connectivity index (χ3v) is 1.80. The van der Waals surface area contributed by atoms with E-state index in [0.29, 0.717) is 0 Å². The van der Waals surface area contributed by atoms with Crippen LogP contribution in [-0.4, -0.2) is 30.3 Å². The van der Waals surface area contributed by atoms with Gasteiger partial charge in [0.1, 0.15) is 0 Å². The number of hydrogen-bond donors (Lipinski definition) is 0. The highest BCUT2D eigenvalue weighted by atomic mass is 19.4. The van der Waals surface area contributed by atoms with E-state index in [0.717, 1.165) is 6.07 Å². The molecule has 0 aromatic heterocycles. The van der Waals surface area contributed by atoms with Gasteiger partial charge in [-0.15, -0.1) is 0 Å². The van der Waals surface area contributed by atoms with Crippen molar-refractivity contribution >= 4 is 11.7 Å². The number of nitro benzene ring substituents is 1. The van der Waals surface area contributed by atoms with Crippen LogP contribution in [0.25, 0.3) is 0 Å². The Balaban J connectivity index is 2.53. The largest absolute Gasteiger partial charge is 0.475 e. The lowest BCUT2D eigenvalue weighted by Crippen LogP contribution is -2.23. The fourth-order valence-corrected chi connectivity index (χ4v) is 1.07. The average Bonchev–Trinajstić information content (AvgIpc) is 2.33. The van der Waals surface area contributed by atoms with E-state index in [1.54, 1.807) is 0 Å². The van der Waals surface area contributed by atoms with Crippen LogP contribution in [0.5, 0.6) is 5.75 Å². The molecule has 0 bridgehead atoms. The van der Waals surface area contributed by atoms with Gasteiger partial charge in [0.25, 0.3) is 0 Å². The lowest BCUT2D eigenvalue weighted by atomic mass is 10.3. The number of ether oxygens (including phenoxy) is 2. The van der Waals surface area contributed by atoms with Gasteiger partial charge in [-0.05, 0) is 6.07 Å². The van der Waals surface area contributed by atoms with Crippen LogP contribution in [0.15, 0.2) is 24.3 Å². The highest BCUT2D eigenvalue weighted by Gasteiger charge is 2.29. The van der Waals surface area contributed by atoms with Gasteiger partial charge in [-0.3, -0.25) is 10.1 Å². The predicted molar refractivity (Wildman–Crippen MR) is 55.6 cm³/mol. The van der Waals surface area contributed by atoms with Crippen LogP contribution < -0.4 is 4.74 Å². The van der Waals surface area contributed by atoms with Crippen molar-refractivity contribution in [3.8, 4) is 5.75 Å². The normalized spacial score (nSPS) is 10.9. The lowest BCUT2D eigenvalue weighted by molar-refractivity contribution is -0.385. The molecule has 0 saturated carbocycles. The van der Waals surface area contributed by atoms with Gasteiger partial charge in [0.05, 0.1) is 4.92 Å². The lowest BCUT2D eigenvalue weighted by Gasteiger charge is -2.08. The van der Waals surface area contributed by atoms with E-state index in [4.69, 9.17) is 4.74 Å². The molecule has 9 heteroatoms. The molecule has 104 valence electrons. The fraction of sp³-hybridized carbons (Fsp3) is 0.300. The molecule has 0 amide bonds. The van der Waals surface area contributed by atoms with Gasteiger partial charge < -0.3 is 9.47 Å². The Morgan fingerprint density at radius 1 is 1.32 bits per heavy atom. The van der Waals surface area contributed by atoms with Crippen LogP contribution in [0.4, 0.5) is 18.9 Å².